The van der Waals surface area contributed by atoms with Gasteiger partial charge in [0.15, 0.2) is 0 Å². The second-order valence-electron chi connectivity index (χ2n) is 3.76. The van der Waals surface area contributed by atoms with Gasteiger partial charge in [-0.2, -0.15) is 0 Å². The molecule has 1 nitrogen and oxygen atoms in total. The minimum atomic E-state index is 1.09. The molecule has 1 aromatic heterocycles. The summed E-state index contributed by atoms with van der Waals surface area (Å²) in [5, 5.41) is 3.31. The third-order valence-corrected chi connectivity index (χ3v) is 3.26. The Balaban J connectivity index is 2.29. The third-order valence-electron chi connectivity index (χ3n) is 2.32. The molecular formula is C13H15NS. The van der Waals surface area contributed by atoms with E-state index >= 15 is 0 Å². The lowest BCUT2D eigenvalue weighted by Crippen LogP contribution is -1.83. The number of aromatic nitrogens is 1. The van der Waals surface area contributed by atoms with Crippen LogP contribution in [0.25, 0.3) is 10.6 Å². The molecule has 0 spiro atoms. The molecule has 0 atom stereocenters. The van der Waals surface area contributed by atoms with Crippen LogP contribution in [0.1, 0.15) is 24.6 Å². The van der Waals surface area contributed by atoms with E-state index in [1.807, 2.05) is 0 Å². The van der Waals surface area contributed by atoms with Gasteiger partial charge in [-0.15, -0.1) is 11.3 Å². The van der Waals surface area contributed by atoms with E-state index in [9.17, 15) is 0 Å². The zero-order valence-electron chi connectivity index (χ0n) is 9.16. The van der Waals surface area contributed by atoms with E-state index in [0.29, 0.717) is 0 Å². The van der Waals surface area contributed by atoms with Gasteiger partial charge in [-0.05, 0) is 19.4 Å². The Kier molecular flexibility index (Phi) is 3.17. The zero-order valence-corrected chi connectivity index (χ0v) is 9.97. The molecular weight excluding hydrogens is 202 g/mol. The molecule has 0 bridgehead atoms. The third kappa shape index (κ3) is 2.45. The summed E-state index contributed by atoms with van der Waals surface area (Å²) >= 11 is 1.74. The lowest BCUT2D eigenvalue weighted by atomic mass is 10.1. The maximum absolute atomic E-state index is 4.63. The highest BCUT2D eigenvalue weighted by Crippen LogP contribution is 2.24. The molecule has 0 saturated carbocycles. The molecule has 2 heteroatoms. The summed E-state index contributed by atoms with van der Waals surface area (Å²) in [6, 6.07) is 8.52. The van der Waals surface area contributed by atoms with Crippen LogP contribution in [0.4, 0.5) is 0 Å². The highest BCUT2D eigenvalue weighted by Gasteiger charge is 2.03. The van der Waals surface area contributed by atoms with Crippen molar-refractivity contribution in [2.75, 3.05) is 0 Å². The monoisotopic (exact) mass is 217 g/mol. The largest absolute Gasteiger partial charge is 0.241 e. The van der Waals surface area contributed by atoms with E-state index in [-0.39, 0.29) is 0 Å². The molecule has 1 aromatic carbocycles. The Hall–Kier alpha value is -1.15. The molecule has 0 unspecified atom stereocenters. The first kappa shape index (κ1) is 10.4. The second-order valence-corrected chi connectivity index (χ2v) is 4.62. The van der Waals surface area contributed by atoms with Crippen LogP contribution >= 0.6 is 11.3 Å². The number of nitrogens with zero attached hydrogens (tertiary/aromatic N) is 1. The molecule has 0 N–H and O–H groups in total. The van der Waals surface area contributed by atoms with E-state index < -0.39 is 0 Å². The van der Waals surface area contributed by atoms with E-state index in [4.69, 9.17) is 0 Å². The minimum Gasteiger partial charge on any atom is -0.241 e. The Morgan fingerprint density at radius 1 is 1.33 bits per heavy atom. The smallest absolute Gasteiger partial charge is 0.123 e. The van der Waals surface area contributed by atoms with Gasteiger partial charge in [0.1, 0.15) is 5.01 Å². The summed E-state index contributed by atoms with van der Waals surface area (Å²) < 4.78 is 0. The summed E-state index contributed by atoms with van der Waals surface area (Å²) in [4.78, 5) is 4.63. The van der Waals surface area contributed by atoms with Gasteiger partial charge in [-0.25, -0.2) is 4.98 Å². The van der Waals surface area contributed by atoms with Crippen LogP contribution in [-0.4, -0.2) is 4.98 Å². The fourth-order valence-corrected chi connectivity index (χ4v) is 2.44. The normalized spacial score (nSPS) is 10.5. The maximum Gasteiger partial charge on any atom is 0.123 e. The van der Waals surface area contributed by atoms with Crippen molar-refractivity contribution in [1.82, 2.24) is 4.98 Å². The molecule has 0 radical (unpaired) electrons. The van der Waals surface area contributed by atoms with Gasteiger partial charge in [0.2, 0.25) is 0 Å². The van der Waals surface area contributed by atoms with Crippen LogP contribution in [0.15, 0.2) is 29.6 Å². The van der Waals surface area contributed by atoms with Crippen LogP contribution < -0.4 is 0 Å². The topological polar surface area (TPSA) is 12.9 Å². The van der Waals surface area contributed by atoms with Gasteiger partial charge in [-0.3, -0.25) is 0 Å². The Morgan fingerprint density at radius 2 is 2.20 bits per heavy atom. The SMILES string of the molecule is CCCc1csc(-c2cccc(C)c2)n1. The first-order chi connectivity index (χ1) is 7.29. The van der Waals surface area contributed by atoms with E-state index in [1.54, 1.807) is 11.3 Å². The second kappa shape index (κ2) is 4.58. The number of hydrogen-bond donors (Lipinski definition) is 0. The van der Waals surface area contributed by atoms with Gasteiger partial charge in [0.05, 0.1) is 5.69 Å². The summed E-state index contributed by atoms with van der Waals surface area (Å²) in [5.74, 6) is 0. The first-order valence-corrected chi connectivity index (χ1v) is 6.19. The summed E-state index contributed by atoms with van der Waals surface area (Å²) in [5.41, 5.74) is 3.75. The summed E-state index contributed by atoms with van der Waals surface area (Å²) in [6.07, 6.45) is 2.25. The van der Waals surface area contributed by atoms with Crippen molar-refractivity contribution >= 4 is 11.3 Å². The van der Waals surface area contributed by atoms with Crippen molar-refractivity contribution in [3.63, 3.8) is 0 Å². The number of hydrogen-bond acceptors (Lipinski definition) is 2. The molecule has 2 rings (SSSR count). The fourth-order valence-electron chi connectivity index (χ4n) is 1.59. The lowest BCUT2D eigenvalue weighted by Gasteiger charge is -1.97. The predicted molar refractivity (Wildman–Crippen MR) is 66.3 cm³/mol. The number of rotatable bonds is 3. The minimum absolute atomic E-state index is 1.09. The van der Waals surface area contributed by atoms with Crippen LogP contribution in [-0.2, 0) is 6.42 Å². The highest BCUT2D eigenvalue weighted by atomic mass is 32.1. The number of benzene rings is 1. The fraction of sp³-hybridized carbons (Fsp3) is 0.308. The van der Waals surface area contributed by atoms with Crippen LogP contribution in [0, 0.1) is 6.92 Å². The lowest BCUT2D eigenvalue weighted by molar-refractivity contribution is 0.893. The molecule has 0 aliphatic rings. The van der Waals surface area contributed by atoms with Crippen molar-refractivity contribution in [3.05, 3.63) is 40.9 Å². The molecule has 0 aliphatic carbocycles. The van der Waals surface area contributed by atoms with Crippen molar-refractivity contribution in [2.24, 2.45) is 0 Å². The van der Waals surface area contributed by atoms with Crippen molar-refractivity contribution in [1.29, 1.82) is 0 Å². The molecule has 2 aromatic rings. The van der Waals surface area contributed by atoms with Gasteiger partial charge in [-0.1, -0.05) is 37.1 Å². The van der Waals surface area contributed by atoms with Gasteiger partial charge < -0.3 is 0 Å². The first-order valence-electron chi connectivity index (χ1n) is 5.31. The Bertz CT molecular complexity index is 445. The van der Waals surface area contributed by atoms with Crippen molar-refractivity contribution in [3.8, 4) is 10.6 Å². The summed E-state index contributed by atoms with van der Waals surface area (Å²) in [7, 11) is 0. The average Bonchev–Trinajstić information content (AvgIpc) is 2.67. The molecule has 78 valence electrons. The van der Waals surface area contributed by atoms with E-state index in [0.717, 1.165) is 17.8 Å². The molecule has 0 aliphatic heterocycles. The predicted octanol–water partition coefficient (Wildman–Crippen LogP) is 4.07. The Morgan fingerprint density at radius 3 is 2.93 bits per heavy atom. The van der Waals surface area contributed by atoms with Crippen LogP contribution in [0.2, 0.25) is 0 Å². The maximum atomic E-state index is 4.63. The number of thiazole rings is 1. The van der Waals surface area contributed by atoms with Crippen molar-refractivity contribution in [2.45, 2.75) is 26.7 Å². The zero-order chi connectivity index (χ0) is 10.7. The summed E-state index contributed by atoms with van der Waals surface area (Å²) in [6.45, 7) is 4.30. The van der Waals surface area contributed by atoms with Crippen LogP contribution in [0.3, 0.4) is 0 Å². The number of aryl methyl sites for hydroxylation is 2. The molecule has 0 saturated heterocycles. The Labute approximate surface area is 94.8 Å². The quantitative estimate of drug-likeness (QED) is 0.755. The van der Waals surface area contributed by atoms with Crippen molar-refractivity contribution < 1.29 is 0 Å². The van der Waals surface area contributed by atoms with Gasteiger partial charge in [0.25, 0.3) is 0 Å². The molecule has 15 heavy (non-hydrogen) atoms. The molecule has 0 amide bonds. The molecule has 1 heterocycles. The van der Waals surface area contributed by atoms with E-state index in [1.165, 1.54) is 16.8 Å². The standard InChI is InChI=1S/C13H15NS/c1-3-5-12-9-15-13(14-12)11-7-4-6-10(2)8-11/h4,6-9H,3,5H2,1-2H3. The highest BCUT2D eigenvalue weighted by molar-refractivity contribution is 7.13. The van der Waals surface area contributed by atoms with Gasteiger partial charge in [0, 0.05) is 10.9 Å². The van der Waals surface area contributed by atoms with Crippen LogP contribution in [0.5, 0.6) is 0 Å². The average molecular weight is 217 g/mol. The van der Waals surface area contributed by atoms with E-state index in [2.05, 4.69) is 48.5 Å². The molecule has 0 fully saturated rings. The van der Waals surface area contributed by atoms with Gasteiger partial charge >= 0.3 is 0 Å².